The van der Waals surface area contributed by atoms with Gasteiger partial charge in [-0.1, -0.05) is 36.5 Å². The first kappa shape index (κ1) is 17.0. The molecule has 0 saturated carbocycles. The quantitative estimate of drug-likeness (QED) is 0.397. The highest BCUT2D eigenvalue weighted by Crippen LogP contribution is 2.21. The predicted octanol–water partition coefficient (Wildman–Crippen LogP) is 3.13. The molecule has 0 N–H and O–H groups in total. The highest BCUT2D eigenvalue weighted by Gasteiger charge is 2.07. The molecule has 0 aliphatic rings. The van der Waals surface area contributed by atoms with Crippen LogP contribution in [0, 0.1) is 0 Å². The first-order chi connectivity index (χ1) is 9.63. The second kappa shape index (κ2) is 9.80. The summed E-state index contributed by atoms with van der Waals surface area (Å²) in [7, 11) is 0. The number of rotatable bonds is 9. The number of ether oxygens (including phenoxy) is 3. The molecule has 1 aromatic rings. The molecule has 1 rings (SSSR count). The largest absolute Gasteiger partial charge is 0.466 e. The Hall–Kier alpha value is -1.04. The first-order valence-corrected chi connectivity index (χ1v) is 7.07. The van der Waals surface area contributed by atoms with Crippen molar-refractivity contribution in [1.29, 1.82) is 0 Å². The van der Waals surface area contributed by atoms with Gasteiger partial charge in [0.05, 0.1) is 11.6 Å². The van der Waals surface area contributed by atoms with Crippen molar-refractivity contribution in [3.63, 3.8) is 0 Å². The molecule has 1 heterocycles. The maximum Gasteiger partial charge on any atom is 0.344 e. The normalized spacial score (nSPS) is 10.3. The van der Waals surface area contributed by atoms with Gasteiger partial charge < -0.3 is 14.2 Å². The minimum atomic E-state index is -0.489. The van der Waals surface area contributed by atoms with Crippen molar-refractivity contribution in [2.24, 2.45) is 0 Å². The molecule has 0 atom stereocenters. The molecular formula is C13H17Cl2NO4. The van der Waals surface area contributed by atoms with Crippen molar-refractivity contribution in [2.45, 2.75) is 19.8 Å². The van der Waals surface area contributed by atoms with Gasteiger partial charge in [-0.2, -0.15) is 4.98 Å². The molecule has 7 heteroatoms. The average molecular weight is 322 g/mol. The van der Waals surface area contributed by atoms with Crippen LogP contribution in [0.5, 0.6) is 5.88 Å². The lowest BCUT2D eigenvalue weighted by molar-refractivity contribution is -0.147. The molecule has 5 nitrogen and oxygen atoms in total. The standard InChI is InChI=1S/C13H17Cl2NO4/c1-2-3-6-18-7-8-19-12(17)9-20-11-5-4-10(14)13(15)16-11/h4-5H,2-3,6-9H2,1H3. The van der Waals surface area contributed by atoms with E-state index in [1.165, 1.54) is 6.07 Å². The smallest absolute Gasteiger partial charge is 0.344 e. The van der Waals surface area contributed by atoms with Crippen LogP contribution < -0.4 is 4.74 Å². The molecule has 0 bridgehead atoms. The summed E-state index contributed by atoms with van der Waals surface area (Å²) in [5.74, 6) is -0.271. The Morgan fingerprint density at radius 1 is 1.25 bits per heavy atom. The molecule has 20 heavy (non-hydrogen) atoms. The molecular weight excluding hydrogens is 305 g/mol. The molecule has 0 saturated heterocycles. The second-order valence-electron chi connectivity index (χ2n) is 3.90. The molecule has 0 amide bonds. The number of hydrogen-bond donors (Lipinski definition) is 0. The van der Waals surface area contributed by atoms with Crippen molar-refractivity contribution < 1.29 is 19.0 Å². The number of carbonyl (C=O) groups is 1. The van der Waals surface area contributed by atoms with E-state index in [4.69, 9.17) is 37.4 Å². The fourth-order valence-corrected chi connectivity index (χ4v) is 1.47. The molecule has 0 spiro atoms. The zero-order valence-electron chi connectivity index (χ0n) is 11.2. The molecule has 0 aliphatic carbocycles. The Balaban J connectivity index is 2.15. The molecule has 0 unspecified atom stereocenters. The number of pyridine rings is 1. The van der Waals surface area contributed by atoms with Gasteiger partial charge in [0.15, 0.2) is 11.8 Å². The summed E-state index contributed by atoms with van der Waals surface area (Å²) in [6.45, 7) is 3.12. The van der Waals surface area contributed by atoms with Crippen molar-refractivity contribution in [1.82, 2.24) is 4.98 Å². The van der Waals surface area contributed by atoms with Crippen LogP contribution in [0.4, 0.5) is 0 Å². The third-order valence-electron chi connectivity index (χ3n) is 2.25. The lowest BCUT2D eigenvalue weighted by Gasteiger charge is -2.07. The lowest BCUT2D eigenvalue weighted by Crippen LogP contribution is -2.18. The first-order valence-electron chi connectivity index (χ1n) is 6.31. The summed E-state index contributed by atoms with van der Waals surface area (Å²) in [4.78, 5) is 15.2. The second-order valence-corrected chi connectivity index (χ2v) is 4.66. The number of aromatic nitrogens is 1. The van der Waals surface area contributed by atoms with Crippen LogP contribution in [-0.2, 0) is 14.3 Å². The number of halogens is 2. The summed E-state index contributed by atoms with van der Waals surface area (Å²) in [5, 5.41) is 0.452. The Bertz CT molecular complexity index is 429. The van der Waals surface area contributed by atoms with Crippen LogP contribution in [0.25, 0.3) is 0 Å². The van der Waals surface area contributed by atoms with Crippen molar-refractivity contribution >= 4 is 29.2 Å². The van der Waals surface area contributed by atoms with Crippen LogP contribution in [-0.4, -0.2) is 37.4 Å². The van der Waals surface area contributed by atoms with Gasteiger partial charge in [0, 0.05) is 12.7 Å². The molecule has 0 aliphatic heterocycles. The SMILES string of the molecule is CCCCOCCOC(=O)COc1ccc(Cl)c(Cl)n1. The van der Waals surface area contributed by atoms with Crippen molar-refractivity contribution in [2.75, 3.05) is 26.4 Å². The zero-order valence-corrected chi connectivity index (χ0v) is 12.7. The Morgan fingerprint density at radius 2 is 2.05 bits per heavy atom. The summed E-state index contributed by atoms with van der Waals surface area (Å²) < 4.78 is 15.3. The van der Waals surface area contributed by atoms with Gasteiger partial charge in [0.25, 0.3) is 0 Å². The fraction of sp³-hybridized carbons (Fsp3) is 0.538. The third-order valence-corrected chi connectivity index (χ3v) is 2.94. The number of carbonyl (C=O) groups excluding carboxylic acids is 1. The van der Waals surface area contributed by atoms with E-state index in [0.717, 1.165) is 12.8 Å². The van der Waals surface area contributed by atoms with E-state index in [2.05, 4.69) is 11.9 Å². The van der Waals surface area contributed by atoms with E-state index >= 15 is 0 Å². The van der Waals surface area contributed by atoms with Gasteiger partial charge in [0.2, 0.25) is 5.88 Å². The van der Waals surface area contributed by atoms with E-state index in [1.54, 1.807) is 6.07 Å². The van der Waals surface area contributed by atoms with E-state index < -0.39 is 5.97 Å². The van der Waals surface area contributed by atoms with Gasteiger partial charge >= 0.3 is 5.97 Å². The summed E-state index contributed by atoms with van der Waals surface area (Å²) in [6.07, 6.45) is 2.07. The minimum absolute atomic E-state index is 0.127. The van der Waals surface area contributed by atoms with Crippen LogP contribution >= 0.6 is 23.2 Å². The van der Waals surface area contributed by atoms with Gasteiger partial charge in [-0.15, -0.1) is 0 Å². The van der Waals surface area contributed by atoms with Crippen molar-refractivity contribution in [3.05, 3.63) is 22.3 Å². The van der Waals surface area contributed by atoms with Crippen LogP contribution in [0.2, 0.25) is 10.2 Å². The van der Waals surface area contributed by atoms with E-state index in [-0.39, 0.29) is 24.2 Å². The Morgan fingerprint density at radius 3 is 2.75 bits per heavy atom. The lowest BCUT2D eigenvalue weighted by atomic mass is 10.4. The number of hydrogen-bond acceptors (Lipinski definition) is 5. The number of nitrogens with zero attached hydrogens (tertiary/aromatic N) is 1. The van der Waals surface area contributed by atoms with Crippen LogP contribution in [0.1, 0.15) is 19.8 Å². The monoisotopic (exact) mass is 321 g/mol. The van der Waals surface area contributed by atoms with Gasteiger partial charge in [-0.3, -0.25) is 0 Å². The molecule has 1 aromatic heterocycles. The van der Waals surface area contributed by atoms with Gasteiger partial charge in [-0.05, 0) is 12.5 Å². The number of unbranched alkanes of at least 4 members (excludes halogenated alkanes) is 1. The molecule has 0 radical (unpaired) electrons. The van der Waals surface area contributed by atoms with Gasteiger partial charge in [-0.25, -0.2) is 4.79 Å². The van der Waals surface area contributed by atoms with E-state index in [0.29, 0.717) is 18.2 Å². The Labute approximate surface area is 128 Å². The van der Waals surface area contributed by atoms with Crippen LogP contribution in [0.3, 0.4) is 0 Å². The van der Waals surface area contributed by atoms with Crippen LogP contribution in [0.15, 0.2) is 12.1 Å². The topological polar surface area (TPSA) is 57.7 Å². The fourth-order valence-electron chi connectivity index (χ4n) is 1.22. The number of esters is 1. The molecule has 112 valence electrons. The highest BCUT2D eigenvalue weighted by atomic mass is 35.5. The summed E-state index contributed by atoms with van der Waals surface area (Å²) in [6, 6.07) is 3.06. The summed E-state index contributed by atoms with van der Waals surface area (Å²) >= 11 is 11.4. The highest BCUT2D eigenvalue weighted by molar-refractivity contribution is 6.41. The zero-order chi connectivity index (χ0) is 14.8. The van der Waals surface area contributed by atoms with Gasteiger partial charge in [0.1, 0.15) is 6.61 Å². The average Bonchev–Trinajstić information content (AvgIpc) is 2.44. The van der Waals surface area contributed by atoms with Crippen molar-refractivity contribution in [3.8, 4) is 5.88 Å². The Kier molecular flexibility index (Phi) is 8.34. The maximum absolute atomic E-state index is 11.4. The van der Waals surface area contributed by atoms with E-state index in [9.17, 15) is 4.79 Å². The molecule has 0 fully saturated rings. The third kappa shape index (κ3) is 6.93. The molecule has 0 aromatic carbocycles. The summed E-state index contributed by atoms with van der Waals surface area (Å²) in [5.41, 5.74) is 0. The predicted molar refractivity (Wildman–Crippen MR) is 76.4 cm³/mol. The maximum atomic E-state index is 11.4. The van der Waals surface area contributed by atoms with E-state index in [1.807, 2.05) is 0 Å². The minimum Gasteiger partial charge on any atom is -0.466 e.